The van der Waals surface area contributed by atoms with Crippen molar-refractivity contribution >= 4 is 0 Å². The zero-order valence-electron chi connectivity index (χ0n) is 6.43. The van der Waals surface area contributed by atoms with Crippen LogP contribution < -0.4 is 0 Å². The van der Waals surface area contributed by atoms with Gasteiger partial charge in [0.2, 0.25) is 0 Å². The summed E-state index contributed by atoms with van der Waals surface area (Å²) >= 11 is 0. The van der Waals surface area contributed by atoms with E-state index in [-0.39, 0.29) is 0 Å². The zero-order valence-corrected chi connectivity index (χ0v) is 6.43. The molecule has 0 amide bonds. The third kappa shape index (κ3) is 1.77. The van der Waals surface area contributed by atoms with Crippen molar-refractivity contribution in [1.29, 1.82) is 0 Å². The lowest BCUT2D eigenvalue weighted by atomic mass is 10.1. The summed E-state index contributed by atoms with van der Waals surface area (Å²) in [7, 11) is 0. The Bertz CT molecular complexity index is 187. The molecule has 0 aromatic rings. The van der Waals surface area contributed by atoms with Gasteiger partial charge in [0.05, 0.1) is 0 Å². The Kier molecular flexibility index (Phi) is 2.82. The predicted molar refractivity (Wildman–Crippen MR) is 26.1 cm³/mol. The lowest BCUT2D eigenvalue weighted by Crippen LogP contribution is -2.60. The summed E-state index contributed by atoms with van der Waals surface area (Å²) in [5.74, 6) is -18.5. The summed E-state index contributed by atoms with van der Waals surface area (Å²) in [6, 6.07) is 0. The highest BCUT2D eigenvalue weighted by molar-refractivity contribution is 4.97. The van der Waals surface area contributed by atoms with Crippen LogP contribution in [0.15, 0.2) is 0 Å². The van der Waals surface area contributed by atoms with Gasteiger partial charge in [0.25, 0.3) is 0 Å². The predicted octanol–water partition coefficient (Wildman–Crippen LogP) is 2.94. The van der Waals surface area contributed by atoms with E-state index in [1.54, 1.807) is 0 Å². The number of halogens is 8. The van der Waals surface area contributed by atoms with Crippen LogP contribution in [0, 0.1) is 0 Å². The van der Waals surface area contributed by atoms with Crippen LogP contribution >= 0.6 is 0 Å². The Balaban J connectivity index is 5.30. The van der Waals surface area contributed by atoms with Gasteiger partial charge in [-0.05, 0) is 0 Å². The van der Waals surface area contributed by atoms with E-state index in [9.17, 15) is 40.2 Å². The number of rotatable bonds is 3. The van der Waals surface area contributed by atoms with Crippen molar-refractivity contribution in [3.63, 3.8) is 0 Å². The molecule has 0 heterocycles. The third-order valence-corrected chi connectivity index (χ3v) is 1.31. The fourth-order valence-corrected chi connectivity index (χ4v) is 0.458. The maximum absolute atomic E-state index is 12.0. The van der Waals surface area contributed by atoms with Gasteiger partial charge in [-0.2, -0.15) is 40.2 Å². The number of hydrogen-bond donors (Lipinski definition) is 0. The lowest BCUT2D eigenvalue weighted by molar-refractivity contribution is -0.430. The van der Waals surface area contributed by atoms with Gasteiger partial charge in [-0.25, -0.2) is 0 Å². The SMILES string of the molecule is CC(F)(F)C(F)(F)C(F)(F)C([O])(F)F. The minimum atomic E-state index is -6.65. The fourth-order valence-electron chi connectivity index (χ4n) is 0.458. The van der Waals surface area contributed by atoms with Crippen molar-refractivity contribution in [2.24, 2.45) is 0 Å². The monoisotopic (exact) mass is 231 g/mol. The zero-order chi connectivity index (χ0) is 12.0. The molecule has 0 bridgehead atoms. The summed E-state index contributed by atoms with van der Waals surface area (Å²) in [4.78, 5) is 0. The molecule has 1 nitrogen and oxygen atoms in total. The van der Waals surface area contributed by atoms with Gasteiger partial charge in [0.15, 0.2) is 0 Å². The van der Waals surface area contributed by atoms with E-state index in [0.29, 0.717) is 0 Å². The first-order valence-electron chi connectivity index (χ1n) is 2.97. The Morgan fingerprint density at radius 1 is 0.714 bits per heavy atom. The third-order valence-electron chi connectivity index (χ3n) is 1.31. The Hall–Kier alpha value is -0.600. The van der Waals surface area contributed by atoms with E-state index >= 15 is 0 Å². The molecule has 0 atom stereocenters. The highest BCUT2D eigenvalue weighted by atomic mass is 19.4. The van der Waals surface area contributed by atoms with Crippen molar-refractivity contribution in [3.05, 3.63) is 0 Å². The molecular weight excluding hydrogens is 228 g/mol. The van der Waals surface area contributed by atoms with Crippen molar-refractivity contribution in [1.82, 2.24) is 0 Å². The van der Waals surface area contributed by atoms with E-state index in [0.717, 1.165) is 0 Å². The number of hydrogen-bond acceptors (Lipinski definition) is 0. The molecule has 0 rings (SSSR count). The average molecular weight is 231 g/mol. The topological polar surface area (TPSA) is 19.9 Å². The van der Waals surface area contributed by atoms with Crippen molar-refractivity contribution in [3.8, 4) is 0 Å². The second-order valence-electron chi connectivity index (χ2n) is 2.55. The summed E-state index contributed by atoms with van der Waals surface area (Å²) in [5, 5.41) is 9.32. The van der Waals surface area contributed by atoms with Crippen molar-refractivity contribution in [2.45, 2.75) is 30.8 Å². The molecule has 14 heavy (non-hydrogen) atoms. The highest BCUT2D eigenvalue weighted by Crippen LogP contribution is 2.51. The van der Waals surface area contributed by atoms with Gasteiger partial charge >= 0.3 is 23.9 Å². The average Bonchev–Trinajstić information content (AvgIpc) is 1.81. The minimum Gasteiger partial charge on any atom is -0.200 e. The Morgan fingerprint density at radius 3 is 1.07 bits per heavy atom. The molecule has 9 heteroatoms. The molecule has 0 aliphatic rings. The van der Waals surface area contributed by atoms with Gasteiger partial charge in [0, 0.05) is 6.92 Å². The smallest absolute Gasteiger partial charge is 0.200 e. The second-order valence-corrected chi connectivity index (χ2v) is 2.55. The standard InChI is InChI=1S/C5H3F8O/c1-2(6,7)3(8,9)4(10,11)5(12,13)14/h1H3. The van der Waals surface area contributed by atoms with E-state index < -0.39 is 30.8 Å². The summed E-state index contributed by atoms with van der Waals surface area (Å²) < 4.78 is 94.3. The van der Waals surface area contributed by atoms with Gasteiger partial charge in [-0.1, -0.05) is 0 Å². The van der Waals surface area contributed by atoms with E-state index in [1.165, 1.54) is 0 Å². The van der Waals surface area contributed by atoms with Crippen LogP contribution in [-0.2, 0) is 5.11 Å². The first kappa shape index (κ1) is 13.4. The second kappa shape index (κ2) is 2.94. The molecule has 0 aromatic carbocycles. The maximum Gasteiger partial charge on any atom is 0.452 e. The molecule has 0 fully saturated rings. The molecule has 85 valence electrons. The molecule has 0 saturated carbocycles. The van der Waals surface area contributed by atoms with Crippen LogP contribution in [0.3, 0.4) is 0 Å². The first-order valence-corrected chi connectivity index (χ1v) is 2.97. The van der Waals surface area contributed by atoms with E-state index in [1.807, 2.05) is 0 Å². The molecule has 0 aliphatic heterocycles. The molecule has 0 N–H and O–H groups in total. The largest absolute Gasteiger partial charge is 0.452 e. The normalized spacial score (nSPS) is 15.9. The molecule has 0 aliphatic carbocycles. The van der Waals surface area contributed by atoms with Crippen LogP contribution in [0.2, 0.25) is 0 Å². The highest BCUT2D eigenvalue weighted by Gasteiger charge is 2.80. The molecular formula is C5H3F8O. The van der Waals surface area contributed by atoms with Crippen molar-refractivity contribution < 1.29 is 40.2 Å². The van der Waals surface area contributed by atoms with Crippen LogP contribution in [0.5, 0.6) is 0 Å². The fraction of sp³-hybridized carbons (Fsp3) is 1.00. The maximum atomic E-state index is 12.0. The lowest BCUT2D eigenvalue weighted by Gasteiger charge is -2.31. The molecule has 1 radical (unpaired) electrons. The molecule has 0 aromatic heterocycles. The van der Waals surface area contributed by atoms with Gasteiger partial charge < -0.3 is 0 Å². The van der Waals surface area contributed by atoms with E-state index in [4.69, 9.17) is 0 Å². The summed E-state index contributed by atoms with van der Waals surface area (Å²) in [6.45, 7) is -0.688. The van der Waals surface area contributed by atoms with E-state index in [2.05, 4.69) is 0 Å². The number of alkyl halides is 8. The summed E-state index contributed by atoms with van der Waals surface area (Å²) in [5.41, 5.74) is 0. The van der Waals surface area contributed by atoms with Gasteiger partial charge in [0.1, 0.15) is 0 Å². The Morgan fingerprint density at radius 2 is 1.00 bits per heavy atom. The first-order chi connectivity index (χ1) is 5.75. The molecule has 0 spiro atoms. The van der Waals surface area contributed by atoms with Crippen LogP contribution in [-0.4, -0.2) is 23.9 Å². The van der Waals surface area contributed by atoms with Crippen molar-refractivity contribution in [2.75, 3.05) is 0 Å². The molecule has 0 saturated heterocycles. The van der Waals surface area contributed by atoms with Gasteiger partial charge in [-0.3, -0.25) is 0 Å². The van der Waals surface area contributed by atoms with Crippen LogP contribution in [0.25, 0.3) is 0 Å². The Labute approximate surface area is 72.3 Å². The summed E-state index contributed by atoms with van der Waals surface area (Å²) in [6.07, 6.45) is -6.48. The van der Waals surface area contributed by atoms with Crippen LogP contribution in [0.1, 0.15) is 6.92 Å². The van der Waals surface area contributed by atoms with Gasteiger partial charge in [-0.15, -0.1) is 0 Å². The minimum absolute atomic E-state index is 0.688. The van der Waals surface area contributed by atoms with Crippen LogP contribution in [0.4, 0.5) is 35.1 Å². The quantitative estimate of drug-likeness (QED) is 0.665. The molecule has 0 unspecified atom stereocenters.